The van der Waals surface area contributed by atoms with Crippen LogP contribution in [0.25, 0.3) is 0 Å². The standard InChI is InChI=1S/C15H21NO3/c1-12-3-2-4-13(9-12)10-16-14(18)15(11-17)5-7-19-8-6-15/h2-4,9,17H,5-8,10-11H2,1H3,(H,16,18). The van der Waals surface area contributed by atoms with E-state index in [0.29, 0.717) is 32.6 Å². The van der Waals surface area contributed by atoms with Crippen LogP contribution < -0.4 is 5.32 Å². The molecular weight excluding hydrogens is 242 g/mol. The SMILES string of the molecule is Cc1cccc(CNC(=O)C2(CO)CCOCC2)c1. The molecule has 0 spiro atoms. The number of aliphatic hydroxyl groups excluding tert-OH is 1. The molecule has 0 saturated carbocycles. The molecule has 4 heteroatoms. The summed E-state index contributed by atoms with van der Waals surface area (Å²) >= 11 is 0. The number of carbonyl (C=O) groups excluding carboxylic acids is 1. The van der Waals surface area contributed by atoms with Crippen LogP contribution in [0.1, 0.15) is 24.0 Å². The van der Waals surface area contributed by atoms with Gasteiger partial charge in [0.05, 0.1) is 12.0 Å². The van der Waals surface area contributed by atoms with E-state index in [9.17, 15) is 9.90 Å². The summed E-state index contributed by atoms with van der Waals surface area (Å²) in [5.74, 6) is -0.0696. The molecule has 1 heterocycles. The normalized spacial score (nSPS) is 18.0. The van der Waals surface area contributed by atoms with E-state index in [1.165, 1.54) is 5.56 Å². The van der Waals surface area contributed by atoms with Gasteiger partial charge in [-0.15, -0.1) is 0 Å². The van der Waals surface area contributed by atoms with Crippen molar-refractivity contribution < 1.29 is 14.6 Å². The van der Waals surface area contributed by atoms with Crippen molar-refractivity contribution in [1.29, 1.82) is 0 Å². The van der Waals surface area contributed by atoms with Gasteiger partial charge in [-0.25, -0.2) is 0 Å². The van der Waals surface area contributed by atoms with Crippen LogP contribution in [0.3, 0.4) is 0 Å². The summed E-state index contributed by atoms with van der Waals surface area (Å²) in [7, 11) is 0. The maximum Gasteiger partial charge on any atom is 0.228 e. The van der Waals surface area contributed by atoms with Crippen molar-refractivity contribution in [3.63, 3.8) is 0 Å². The highest BCUT2D eigenvalue weighted by Crippen LogP contribution is 2.30. The Labute approximate surface area is 113 Å². The van der Waals surface area contributed by atoms with E-state index < -0.39 is 5.41 Å². The quantitative estimate of drug-likeness (QED) is 0.863. The highest BCUT2D eigenvalue weighted by Gasteiger charge is 2.39. The number of hydrogen-bond acceptors (Lipinski definition) is 3. The van der Waals surface area contributed by atoms with Crippen LogP contribution in [0.15, 0.2) is 24.3 Å². The summed E-state index contributed by atoms with van der Waals surface area (Å²) < 4.78 is 5.26. The molecule has 1 amide bonds. The Morgan fingerprint density at radius 2 is 2.16 bits per heavy atom. The van der Waals surface area contributed by atoms with Crippen LogP contribution in [0.2, 0.25) is 0 Å². The summed E-state index contributed by atoms with van der Waals surface area (Å²) in [5.41, 5.74) is 1.59. The van der Waals surface area contributed by atoms with Crippen LogP contribution >= 0.6 is 0 Å². The lowest BCUT2D eigenvalue weighted by Gasteiger charge is -2.33. The highest BCUT2D eigenvalue weighted by molar-refractivity contribution is 5.82. The first-order chi connectivity index (χ1) is 9.16. The molecule has 4 nitrogen and oxygen atoms in total. The topological polar surface area (TPSA) is 58.6 Å². The minimum atomic E-state index is -0.665. The largest absolute Gasteiger partial charge is 0.395 e. The molecule has 0 atom stereocenters. The Hall–Kier alpha value is -1.39. The molecule has 2 rings (SSSR count). The maximum absolute atomic E-state index is 12.3. The number of aryl methyl sites for hydroxylation is 1. The van der Waals surface area contributed by atoms with Gasteiger partial charge in [0.2, 0.25) is 5.91 Å². The number of benzene rings is 1. The Balaban J connectivity index is 1.96. The minimum absolute atomic E-state index is 0.0696. The summed E-state index contributed by atoms with van der Waals surface area (Å²) in [6, 6.07) is 8.05. The number of rotatable bonds is 4. The molecule has 0 aliphatic carbocycles. The van der Waals surface area contributed by atoms with Crippen LogP contribution in [0.4, 0.5) is 0 Å². The molecule has 1 aliphatic heterocycles. The fourth-order valence-electron chi connectivity index (χ4n) is 2.41. The van der Waals surface area contributed by atoms with Crippen LogP contribution in [-0.2, 0) is 16.1 Å². The number of amides is 1. The Kier molecular flexibility index (Phi) is 4.56. The van der Waals surface area contributed by atoms with E-state index in [1.807, 2.05) is 25.1 Å². The first-order valence-corrected chi connectivity index (χ1v) is 6.69. The van der Waals surface area contributed by atoms with Gasteiger partial charge in [-0.05, 0) is 25.3 Å². The Morgan fingerprint density at radius 1 is 1.42 bits per heavy atom. The van der Waals surface area contributed by atoms with Crippen molar-refractivity contribution in [3.8, 4) is 0 Å². The van der Waals surface area contributed by atoms with Gasteiger partial charge in [0.1, 0.15) is 0 Å². The molecule has 1 aliphatic rings. The third kappa shape index (κ3) is 3.33. The zero-order valence-electron chi connectivity index (χ0n) is 11.3. The van der Waals surface area contributed by atoms with Gasteiger partial charge < -0.3 is 15.2 Å². The third-order valence-corrected chi connectivity index (χ3v) is 3.77. The first kappa shape index (κ1) is 14.0. The second-order valence-corrected chi connectivity index (χ2v) is 5.22. The number of hydrogen-bond donors (Lipinski definition) is 2. The predicted molar refractivity (Wildman–Crippen MR) is 72.6 cm³/mol. The summed E-state index contributed by atoms with van der Waals surface area (Å²) in [5, 5.41) is 12.5. The maximum atomic E-state index is 12.3. The zero-order chi connectivity index (χ0) is 13.7. The molecule has 19 heavy (non-hydrogen) atoms. The highest BCUT2D eigenvalue weighted by atomic mass is 16.5. The van der Waals surface area contributed by atoms with Crippen molar-refractivity contribution in [3.05, 3.63) is 35.4 Å². The fraction of sp³-hybridized carbons (Fsp3) is 0.533. The Bertz CT molecular complexity index is 439. The zero-order valence-corrected chi connectivity index (χ0v) is 11.3. The van der Waals surface area contributed by atoms with Gasteiger partial charge >= 0.3 is 0 Å². The number of nitrogens with one attached hydrogen (secondary N) is 1. The second kappa shape index (κ2) is 6.17. The average molecular weight is 263 g/mol. The van der Waals surface area contributed by atoms with E-state index in [0.717, 1.165) is 5.56 Å². The average Bonchev–Trinajstić information content (AvgIpc) is 2.45. The van der Waals surface area contributed by atoms with Gasteiger partial charge in [0, 0.05) is 19.8 Å². The molecule has 1 aromatic rings. The molecule has 1 aromatic carbocycles. The predicted octanol–water partition coefficient (Wildman–Crippen LogP) is 1.40. The molecule has 0 bridgehead atoms. The van der Waals surface area contributed by atoms with Crippen LogP contribution in [-0.4, -0.2) is 30.8 Å². The summed E-state index contributed by atoms with van der Waals surface area (Å²) in [6.45, 7) is 3.50. The fourth-order valence-corrected chi connectivity index (χ4v) is 2.41. The minimum Gasteiger partial charge on any atom is -0.395 e. The van der Waals surface area contributed by atoms with Crippen molar-refractivity contribution in [2.45, 2.75) is 26.3 Å². The number of aliphatic hydroxyl groups is 1. The molecule has 0 aromatic heterocycles. The summed E-state index contributed by atoms with van der Waals surface area (Å²) in [4.78, 5) is 12.3. The Morgan fingerprint density at radius 3 is 2.79 bits per heavy atom. The van der Waals surface area contributed by atoms with E-state index >= 15 is 0 Å². The van der Waals surface area contributed by atoms with Crippen molar-refractivity contribution in [2.24, 2.45) is 5.41 Å². The van der Waals surface area contributed by atoms with E-state index in [-0.39, 0.29) is 12.5 Å². The molecule has 1 fully saturated rings. The lowest BCUT2D eigenvalue weighted by molar-refractivity contribution is -0.140. The van der Waals surface area contributed by atoms with Crippen molar-refractivity contribution >= 4 is 5.91 Å². The third-order valence-electron chi connectivity index (χ3n) is 3.77. The molecule has 104 valence electrons. The number of ether oxygens (including phenoxy) is 1. The van der Waals surface area contributed by atoms with E-state index in [4.69, 9.17) is 4.74 Å². The van der Waals surface area contributed by atoms with Gasteiger partial charge in [0.25, 0.3) is 0 Å². The molecule has 0 radical (unpaired) electrons. The lowest BCUT2D eigenvalue weighted by Crippen LogP contribution is -2.46. The van der Waals surface area contributed by atoms with Gasteiger partial charge in [-0.1, -0.05) is 29.8 Å². The van der Waals surface area contributed by atoms with E-state index in [1.54, 1.807) is 0 Å². The lowest BCUT2D eigenvalue weighted by atomic mass is 9.80. The molecule has 2 N–H and O–H groups in total. The van der Waals surface area contributed by atoms with Crippen molar-refractivity contribution in [2.75, 3.05) is 19.8 Å². The number of carbonyl (C=O) groups is 1. The van der Waals surface area contributed by atoms with Gasteiger partial charge in [0.15, 0.2) is 0 Å². The van der Waals surface area contributed by atoms with Crippen LogP contribution in [0, 0.1) is 12.3 Å². The summed E-state index contributed by atoms with van der Waals surface area (Å²) in [6.07, 6.45) is 1.17. The second-order valence-electron chi connectivity index (χ2n) is 5.22. The van der Waals surface area contributed by atoms with Crippen LogP contribution in [0.5, 0.6) is 0 Å². The monoisotopic (exact) mass is 263 g/mol. The smallest absolute Gasteiger partial charge is 0.228 e. The molecule has 0 unspecified atom stereocenters. The van der Waals surface area contributed by atoms with Gasteiger partial charge in [-0.3, -0.25) is 4.79 Å². The first-order valence-electron chi connectivity index (χ1n) is 6.69. The van der Waals surface area contributed by atoms with Gasteiger partial charge in [-0.2, -0.15) is 0 Å². The molecular formula is C15H21NO3. The van der Waals surface area contributed by atoms with Crippen molar-refractivity contribution in [1.82, 2.24) is 5.32 Å². The van der Waals surface area contributed by atoms with E-state index in [2.05, 4.69) is 11.4 Å². The molecule has 1 saturated heterocycles.